The maximum atomic E-state index is 10.4. The lowest BCUT2D eigenvalue weighted by molar-refractivity contribution is 0.122. The highest BCUT2D eigenvalue weighted by Gasteiger charge is 2.21. The van der Waals surface area contributed by atoms with Crippen LogP contribution in [0.2, 0.25) is 0 Å². The SMILES string of the molecule is Cc1ccc(C(O)CNCc2c(C)nn(C)c2N2CCOCC2)cc1. The number of benzene rings is 1. The minimum absolute atomic E-state index is 0.510. The number of morpholine rings is 1. The number of anilines is 1. The molecule has 136 valence electrons. The molecule has 0 spiro atoms. The molecule has 1 aromatic heterocycles. The predicted octanol–water partition coefficient (Wildman–Crippen LogP) is 1.70. The summed E-state index contributed by atoms with van der Waals surface area (Å²) < 4.78 is 7.41. The van der Waals surface area contributed by atoms with Crippen LogP contribution in [-0.4, -0.2) is 47.7 Å². The van der Waals surface area contributed by atoms with Crippen molar-refractivity contribution in [2.24, 2.45) is 7.05 Å². The number of nitrogens with one attached hydrogen (secondary N) is 1. The second-order valence-electron chi connectivity index (χ2n) is 6.67. The summed E-state index contributed by atoms with van der Waals surface area (Å²) in [6.07, 6.45) is -0.510. The highest BCUT2D eigenvalue weighted by molar-refractivity contribution is 5.50. The first-order chi connectivity index (χ1) is 12.1. The van der Waals surface area contributed by atoms with Crippen LogP contribution in [-0.2, 0) is 18.3 Å². The number of ether oxygens (including phenoxy) is 1. The van der Waals surface area contributed by atoms with E-state index in [9.17, 15) is 5.11 Å². The largest absolute Gasteiger partial charge is 0.387 e. The molecule has 2 aromatic rings. The van der Waals surface area contributed by atoms with E-state index in [2.05, 4.69) is 15.3 Å². The Kier molecular flexibility index (Phi) is 5.73. The van der Waals surface area contributed by atoms with Crippen LogP contribution in [0.15, 0.2) is 24.3 Å². The van der Waals surface area contributed by atoms with Gasteiger partial charge in [-0.15, -0.1) is 0 Å². The summed E-state index contributed by atoms with van der Waals surface area (Å²) in [7, 11) is 1.99. The van der Waals surface area contributed by atoms with Gasteiger partial charge in [0.1, 0.15) is 5.82 Å². The lowest BCUT2D eigenvalue weighted by atomic mass is 10.1. The Morgan fingerprint density at radius 3 is 2.56 bits per heavy atom. The minimum atomic E-state index is -0.510. The summed E-state index contributed by atoms with van der Waals surface area (Å²) in [4.78, 5) is 2.33. The zero-order valence-electron chi connectivity index (χ0n) is 15.3. The Morgan fingerprint density at radius 2 is 1.88 bits per heavy atom. The van der Waals surface area contributed by atoms with Crippen molar-refractivity contribution in [1.82, 2.24) is 15.1 Å². The fraction of sp³-hybridized carbons (Fsp3) is 0.526. The van der Waals surface area contributed by atoms with Crippen LogP contribution in [0.3, 0.4) is 0 Å². The van der Waals surface area contributed by atoms with E-state index >= 15 is 0 Å². The van der Waals surface area contributed by atoms with Crippen molar-refractivity contribution >= 4 is 5.82 Å². The first-order valence-corrected chi connectivity index (χ1v) is 8.86. The third-order valence-electron chi connectivity index (χ3n) is 4.73. The number of hydrogen-bond acceptors (Lipinski definition) is 5. The topological polar surface area (TPSA) is 62.5 Å². The number of aromatic nitrogens is 2. The molecule has 0 amide bonds. The molecule has 0 saturated carbocycles. The van der Waals surface area contributed by atoms with Gasteiger partial charge in [-0.25, -0.2) is 0 Å². The number of nitrogens with zero attached hydrogens (tertiary/aromatic N) is 3. The highest BCUT2D eigenvalue weighted by Crippen LogP contribution is 2.24. The molecular formula is C19H28N4O2. The van der Waals surface area contributed by atoms with Crippen LogP contribution in [0.1, 0.15) is 28.5 Å². The van der Waals surface area contributed by atoms with Crippen molar-refractivity contribution in [3.63, 3.8) is 0 Å². The minimum Gasteiger partial charge on any atom is -0.387 e. The molecule has 3 rings (SSSR count). The van der Waals surface area contributed by atoms with E-state index < -0.39 is 6.10 Å². The average molecular weight is 344 g/mol. The van der Waals surface area contributed by atoms with Gasteiger partial charge in [-0.1, -0.05) is 29.8 Å². The number of rotatable bonds is 6. The van der Waals surface area contributed by atoms with Crippen molar-refractivity contribution in [3.8, 4) is 0 Å². The summed E-state index contributed by atoms with van der Waals surface area (Å²) >= 11 is 0. The first kappa shape index (κ1) is 17.9. The highest BCUT2D eigenvalue weighted by atomic mass is 16.5. The quantitative estimate of drug-likeness (QED) is 0.835. The van der Waals surface area contributed by atoms with Gasteiger partial charge >= 0.3 is 0 Å². The number of aliphatic hydroxyl groups is 1. The zero-order chi connectivity index (χ0) is 17.8. The molecule has 0 bridgehead atoms. The van der Waals surface area contributed by atoms with Crippen LogP contribution in [0.5, 0.6) is 0 Å². The van der Waals surface area contributed by atoms with E-state index in [0.29, 0.717) is 13.1 Å². The summed E-state index contributed by atoms with van der Waals surface area (Å²) in [5.41, 5.74) is 4.36. The predicted molar refractivity (Wildman–Crippen MR) is 98.8 cm³/mol. The van der Waals surface area contributed by atoms with Gasteiger partial charge in [0.05, 0.1) is 25.0 Å². The molecule has 0 aliphatic carbocycles. The monoisotopic (exact) mass is 344 g/mol. The van der Waals surface area contributed by atoms with E-state index in [4.69, 9.17) is 4.74 Å². The molecule has 1 fully saturated rings. The molecule has 1 aliphatic heterocycles. The molecule has 1 unspecified atom stereocenters. The van der Waals surface area contributed by atoms with Gasteiger partial charge in [0.2, 0.25) is 0 Å². The Labute approximate surface area is 149 Å². The lowest BCUT2D eigenvalue weighted by Crippen LogP contribution is -2.38. The Bertz CT molecular complexity index is 690. The average Bonchev–Trinajstić information content (AvgIpc) is 2.89. The van der Waals surface area contributed by atoms with Crippen molar-refractivity contribution in [2.75, 3.05) is 37.7 Å². The zero-order valence-corrected chi connectivity index (χ0v) is 15.3. The smallest absolute Gasteiger partial charge is 0.131 e. The van der Waals surface area contributed by atoms with Gasteiger partial charge in [-0.3, -0.25) is 4.68 Å². The fourth-order valence-electron chi connectivity index (χ4n) is 3.31. The third kappa shape index (κ3) is 4.21. The maximum Gasteiger partial charge on any atom is 0.131 e. The normalized spacial score (nSPS) is 16.2. The van der Waals surface area contributed by atoms with Crippen molar-refractivity contribution in [1.29, 1.82) is 0 Å². The van der Waals surface area contributed by atoms with E-state index in [-0.39, 0.29) is 0 Å². The first-order valence-electron chi connectivity index (χ1n) is 8.86. The van der Waals surface area contributed by atoms with E-state index in [1.165, 1.54) is 11.1 Å². The van der Waals surface area contributed by atoms with Gasteiger partial charge in [0.15, 0.2) is 0 Å². The summed E-state index contributed by atoms with van der Waals surface area (Å²) in [5.74, 6) is 1.15. The van der Waals surface area contributed by atoms with Gasteiger partial charge in [0.25, 0.3) is 0 Å². The Morgan fingerprint density at radius 1 is 1.20 bits per heavy atom. The van der Waals surface area contributed by atoms with Crippen molar-refractivity contribution in [3.05, 3.63) is 46.6 Å². The van der Waals surface area contributed by atoms with E-state index in [0.717, 1.165) is 43.4 Å². The van der Waals surface area contributed by atoms with Crippen LogP contribution in [0, 0.1) is 13.8 Å². The standard InChI is InChI=1S/C19H28N4O2/c1-14-4-6-16(7-5-14)18(24)13-20-12-17-15(2)21-22(3)19(17)23-8-10-25-11-9-23/h4-7,18,20,24H,8-13H2,1-3H3. The Hall–Kier alpha value is -1.89. The number of aryl methyl sites for hydroxylation is 3. The molecule has 0 radical (unpaired) electrons. The molecular weight excluding hydrogens is 316 g/mol. The summed E-state index contributed by atoms with van der Waals surface area (Å²) in [5, 5.41) is 18.3. The van der Waals surface area contributed by atoms with Gasteiger partial charge < -0.3 is 20.1 Å². The van der Waals surface area contributed by atoms with Gasteiger partial charge in [0, 0.05) is 38.8 Å². The second kappa shape index (κ2) is 7.99. The summed E-state index contributed by atoms with van der Waals surface area (Å²) in [6.45, 7) is 8.57. The van der Waals surface area contributed by atoms with Gasteiger partial charge in [-0.05, 0) is 19.4 Å². The maximum absolute atomic E-state index is 10.4. The van der Waals surface area contributed by atoms with Crippen LogP contribution in [0.25, 0.3) is 0 Å². The van der Waals surface area contributed by atoms with Crippen LogP contribution < -0.4 is 10.2 Å². The second-order valence-corrected chi connectivity index (χ2v) is 6.67. The molecule has 2 heterocycles. The Balaban J connectivity index is 1.63. The molecule has 6 nitrogen and oxygen atoms in total. The number of aliphatic hydroxyl groups excluding tert-OH is 1. The molecule has 25 heavy (non-hydrogen) atoms. The van der Waals surface area contributed by atoms with E-state index in [1.807, 2.05) is 49.8 Å². The van der Waals surface area contributed by atoms with Gasteiger partial charge in [-0.2, -0.15) is 5.10 Å². The van der Waals surface area contributed by atoms with Crippen LogP contribution in [0.4, 0.5) is 5.82 Å². The molecule has 1 aliphatic rings. The third-order valence-corrected chi connectivity index (χ3v) is 4.73. The fourth-order valence-corrected chi connectivity index (χ4v) is 3.31. The summed E-state index contributed by atoms with van der Waals surface area (Å²) in [6, 6.07) is 8.02. The molecule has 1 saturated heterocycles. The lowest BCUT2D eigenvalue weighted by Gasteiger charge is -2.29. The van der Waals surface area contributed by atoms with Crippen molar-refractivity contribution < 1.29 is 9.84 Å². The number of hydrogen-bond donors (Lipinski definition) is 2. The van der Waals surface area contributed by atoms with Crippen LogP contribution >= 0.6 is 0 Å². The van der Waals surface area contributed by atoms with E-state index in [1.54, 1.807) is 0 Å². The molecule has 6 heteroatoms. The van der Waals surface area contributed by atoms with Crippen molar-refractivity contribution in [2.45, 2.75) is 26.5 Å². The molecule has 1 atom stereocenters. The molecule has 1 aromatic carbocycles. The molecule has 2 N–H and O–H groups in total.